The van der Waals surface area contributed by atoms with Crippen LogP contribution in [0.5, 0.6) is 0 Å². The standard InChI is InChI=1S/C20H10BrCl2F3O/c21-18-8-13(5-11-3-1-2-4-16(11)18)19(27)10-17(20(24,25)26)12-6-14(22)9-15(23)7-12/h1-10H/b17-10+. The van der Waals surface area contributed by atoms with Gasteiger partial charge in [0.15, 0.2) is 5.78 Å². The molecule has 3 aromatic rings. The third-order valence-electron chi connectivity index (χ3n) is 3.85. The molecule has 0 saturated heterocycles. The average Bonchev–Trinajstić information content (AvgIpc) is 2.57. The van der Waals surface area contributed by atoms with Gasteiger partial charge in [-0.15, -0.1) is 0 Å². The minimum Gasteiger partial charge on any atom is -0.289 e. The van der Waals surface area contributed by atoms with Gasteiger partial charge in [0, 0.05) is 20.1 Å². The molecule has 0 aliphatic carbocycles. The molecule has 0 bridgehead atoms. The zero-order valence-electron chi connectivity index (χ0n) is 13.4. The molecule has 0 N–H and O–H groups in total. The molecule has 0 saturated carbocycles. The van der Waals surface area contributed by atoms with Crippen molar-refractivity contribution in [2.45, 2.75) is 6.18 Å². The molecule has 0 fully saturated rings. The Bertz CT molecular complexity index is 1050. The molecule has 27 heavy (non-hydrogen) atoms. The van der Waals surface area contributed by atoms with E-state index in [2.05, 4.69) is 15.9 Å². The number of alkyl halides is 3. The molecular formula is C20H10BrCl2F3O. The average molecular weight is 474 g/mol. The lowest BCUT2D eigenvalue weighted by Crippen LogP contribution is -2.13. The third kappa shape index (κ3) is 4.54. The summed E-state index contributed by atoms with van der Waals surface area (Å²) in [5.41, 5.74) is -1.25. The van der Waals surface area contributed by atoms with Gasteiger partial charge in [0.25, 0.3) is 0 Å². The van der Waals surface area contributed by atoms with Gasteiger partial charge in [-0.05, 0) is 52.7 Å². The van der Waals surface area contributed by atoms with E-state index < -0.39 is 17.5 Å². The van der Waals surface area contributed by atoms with Gasteiger partial charge in [-0.1, -0.05) is 63.4 Å². The lowest BCUT2D eigenvalue weighted by molar-refractivity contribution is -0.0689. The number of carbonyl (C=O) groups is 1. The number of allylic oxidation sites excluding steroid dienone is 2. The second-order valence-electron chi connectivity index (χ2n) is 5.76. The number of fused-ring (bicyclic) bond motifs is 1. The SMILES string of the molecule is O=C(/C=C(\c1cc(Cl)cc(Cl)c1)C(F)(F)F)c1cc(Br)c2ccccc2c1. The van der Waals surface area contributed by atoms with Crippen LogP contribution in [0.4, 0.5) is 13.2 Å². The molecule has 138 valence electrons. The first-order valence-electron chi connectivity index (χ1n) is 7.63. The van der Waals surface area contributed by atoms with Crippen LogP contribution in [0.2, 0.25) is 10.0 Å². The fourth-order valence-electron chi connectivity index (χ4n) is 2.66. The summed E-state index contributed by atoms with van der Waals surface area (Å²) in [6, 6.07) is 13.9. The summed E-state index contributed by atoms with van der Waals surface area (Å²) >= 11 is 15.0. The first-order valence-corrected chi connectivity index (χ1v) is 9.18. The maximum Gasteiger partial charge on any atom is 0.417 e. The predicted octanol–water partition coefficient (Wildman–Crippen LogP) is 7.74. The number of hydrogen-bond acceptors (Lipinski definition) is 1. The van der Waals surface area contributed by atoms with Crippen LogP contribution in [0, 0.1) is 0 Å². The Balaban J connectivity index is 2.12. The van der Waals surface area contributed by atoms with Crippen molar-refractivity contribution in [3.63, 3.8) is 0 Å². The molecule has 0 spiro atoms. The molecule has 3 rings (SSSR count). The largest absolute Gasteiger partial charge is 0.417 e. The van der Waals surface area contributed by atoms with Crippen LogP contribution in [0.15, 0.2) is 65.1 Å². The summed E-state index contributed by atoms with van der Waals surface area (Å²) in [7, 11) is 0. The molecule has 3 aromatic carbocycles. The van der Waals surface area contributed by atoms with Crippen LogP contribution in [0.1, 0.15) is 15.9 Å². The molecule has 0 aliphatic rings. The van der Waals surface area contributed by atoms with E-state index >= 15 is 0 Å². The zero-order valence-corrected chi connectivity index (χ0v) is 16.5. The van der Waals surface area contributed by atoms with E-state index in [4.69, 9.17) is 23.2 Å². The Morgan fingerprint density at radius 3 is 2.19 bits per heavy atom. The van der Waals surface area contributed by atoms with Gasteiger partial charge < -0.3 is 0 Å². The maximum absolute atomic E-state index is 13.6. The fraction of sp³-hybridized carbons (Fsp3) is 0.0500. The first-order chi connectivity index (χ1) is 12.6. The number of carbonyl (C=O) groups excluding carboxylic acids is 1. The molecular weight excluding hydrogens is 464 g/mol. The van der Waals surface area contributed by atoms with Crippen LogP contribution in [0.3, 0.4) is 0 Å². The normalized spacial score (nSPS) is 12.4. The first kappa shape index (κ1) is 19.9. The van der Waals surface area contributed by atoms with Crippen molar-refractivity contribution in [1.82, 2.24) is 0 Å². The fourth-order valence-corrected chi connectivity index (χ4v) is 3.79. The van der Waals surface area contributed by atoms with E-state index in [0.717, 1.165) is 22.9 Å². The Kier molecular flexibility index (Phi) is 5.65. The van der Waals surface area contributed by atoms with Crippen molar-refractivity contribution < 1.29 is 18.0 Å². The molecule has 7 heteroatoms. The molecule has 0 radical (unpaired) electrons. The summed E-state index contributed by atoms with van der Waals surface area (Å²) in [5, 5.41) is 1.70. The van der Waals surface area contributed by atoms with Crippen molar-refractivity contribution in [1.29, 1.82) is 0 Å². The van der Waals surface area contributed by atoms with Gasteiger partial charge in [-0.2, -0.15) is 13.2 Å². The Morgan fingerprint density at radius 1 is 0.926 bits per heavy atom. The monoisotopic (exact) mass is 472 g/mol. The van der Waals surface area contributed by atoms with E-state index in [0.29, 0.717) is 10.5 Å². The molecule has 0 aliphatic heterocycles. The topological polar surface area (TPSA) is 17.1 Å². The van der Waals surface area contributed by atoms with E-state index in [9.17, 15) is 18.0 Å². The van der Waals surface area contributed by atoms with Gasteiger partial charge >= 0.3 is 6.18 Å². The van der Waals surface area contributed by atoms with Crippen molar-refractivity contribution in [2.24, 2.45) is 0 Å². The molecule has 0 atom stereocenters. The predicted molar refractivity (Wildman–Crippen MR) is 106 cm³/mol. The molecule has 0 heterocycles. The Morgan fingerprint density at radius 2 is 1.56 bits per heavy atom. The number of ketones is 1. The second-order valence-corrected chi connectivity index (χ2v) is 7.48. The lowest BCUT2D eigenvalue weighted by Gasteiger charge is -2.13. The van der Waals surface area contributed by atoms with Crippen LogP contribution in [-0.2, 0) is 0 Å². The van der Waals surface area contributed by atoms with Crippen LogP contribution < -0.4 is 0 Å². The van der Waals surface area contributed by atoms with E-state index in [-0.39, 0.29) is 21.2 Å². The Labute approximate surface area is 171 Å². The number of halogens is 6. The number of benzene rings is 3. The highest BCUT2D eigenvalue weighted by molar-refractivity contribution is 9.10. The summed E-state index contributed by atoms with van der Waals surface area (Å²) in [5.74, 6) is -0.773. The smallest absolute Gasteiger partial charge is 0.289 e. The van der Waals surface area contributed by atoms with Gasteiger partial charge in [0.05, 0.1) is 5.57 Å². The highest BCUT2D eigenvalue weighted by Crippen LogP contribution is 2.37. The highest BCUT2D eigenvalue weighted by atomic mass is 79.9. The second kappa shape index (κ2) is 7.66. The summed E-state index contributed by atoms with van der Waals surface area (Å²) in [4.78, 5) is 12.6. The van der Waals surface area contributed by atoms with Crippen LogP contribution in [-0.4, -0.2) is 12.0 Å². The number of rotatable bonds is 3. The van der Waals surface area contributed by atoms with E-state index in [1.165, 1.54) is 12.1 Å². The Hall–Kier alpha value is -1.82. The van der Waals surface area contributed by atoms with Crippen molar-refractivity contribution >= 4 is 61.3 Å². The lowest BCUT2D eigenvalue weighted by atomic mass is 9.99. The van der Waals surface area contributed by atoms with Gasteiger partial charge in [0.2, 0.25) is 0 Å². The number of hydrogen-bond donors (Lipinski definition) is 0. The maximum atomic E-state index is 13.6. The van der Waals surface area contributed by atoms with Crippen LogP contribution >= 0.6 is 39.1 Å². The van der Waals surface area contributed by atoms with Crippen molar-refractivity contribution in [3.8, 4) is 0 Å². The van der Waals surface area contributed by atoms with Gasteiger partial charge in [-0.25, -0.2) is 0 Å². The third-order valence-corrected chi connectivity index (χ3v) is 4.94. The highest BCUT2D eigenvalue weighted by Gasteiger charge is 2.35. The minimum atomic E-state index is -4.75. The molecule has 0 unspecified atom stereocenters. The molecule has 0 aromatic heterocycles. The summed E-state index contributed by atoms with van der Waals surface area (Å²) in [6.07, 6.45) is -4.18. The van der Waals surface area contributed by atoms with E-state index in [1.54, 1.807) is 18.2 Å². The van der Waals surface area contributed by atoms with E-state index in [1.807, 2.05) is 12.1 Å². The van der Waals surface area contributed by atoms with Crippen molar-refractivity contribution in [2.75, 3.05) is 0 Å². The molecule has 1 nitrogen and oxygen atoms in total. The van der Waals surface area contributed by atoms with Gasteiger partial charge in [-0.3, -0.25) is 4.79 Å². The molecule has 0 amide bonds. The van der Waals surface area contributed by atoms with Crippen LogP contribution in [0.25, 0.3) is 16.3 Å². The zero-order chi connectivity index (χ0) is 19.8. The quantitative estimate of drug-likeness (QED) is 0.281. The summed E-state index contributed by atoms with van der Waals surface area (Å²) in [6.45, 7) is 0. The van der Waals surface area contributed by atoms with Gasteiger partial charge in [0.1, 0.15) is 0 Å². The minimum absolute atomic E-state index is 0.0496. The van der Waals surface area contributed by atoms with Crippen molar-refractivity contribution in [3.05, 3.63) is 86.3 Å². The summed E-state index contributed by atoms with van der Waals surface area (Å²) < 4.78 is 41.3.